The third-order valence-electron chi connectivity index (χ3n) is 4.61. The molecule has 0 atom stereocenters. The highest BCUT2D eigenvalue weighted by molar-refractivity contribution is 6.34. The molecule has 1 aliphatic rings. The highest BCUT2D eigenvalue weighted by Crippen LogP contribution is 2.42. The van der Waals surface area contributed by atoms with Gasteiger partial charge in [-0.25, -0.2) is 0 Å². The van der Waals surface area contributed by atoms with Crippen LogP contribution in [0.25, 0.3) is 0 Å². The van der Waals surface area contributed by atoms with E-state index in [1.165, 1.54) is 0 Å². The Kier molecular flexibility index (Phi) is 4.14. The molecule has 0 aliphatic carbocycles. The Balaban J connectivity index is 2.42. The molecule has 1 saturated heterocycles. The normalized spacial score (nSPS) is 17.4. The molecule has 20 heavy (non-hydrogen) atoms. The third kappa shape index (κ3) is 2.57. The molecule has 1 heterocycles. The lowest BCUT2D eigenvalue weighted by atomic mass is 9.82. The quantitative estimate of drug-likeness (QED) is 0.839. The molecular weight excluding hydrogens is 274 g/mol. The first kappa shape index (κ1) is 15.0. The second-order valence-electron chi connectivity index (χ2n) is 5.64. The maximum atomic E-state index is 11.7. The van der Waals surface area contributed by atoms with E-state index in [9.17, 15) is 4.79 Å². The van der Waals surface area contributed by atoms with Crippen LogP contribution in [0.1, 0.15) is 43.5 Å². The summed E-state index contributed by atoms with van der Waals surface area (Å²) in [5.74, 6) is -0.486. The zero-order valence-corrected chi connectivity index (χ0v) is 12.8. The molecule has 1 aliphatic heterocycles. The number of nitrogen functional groups attached to an aromatic ring is 1. The summed E-state index contributed by atoms with van der Waals surface area (Å²) in [7, 11) is 0. The van der Waals surface area contributed by atoms with Crippen LogP contribution in [-0.2, 0) is 0 Å². The number of nitrogens with zero attached hydrogens (tertiary/aromatic N) is 1. The van der Waals surface area contributed by atoms with Gasteiger partial charge in [-0.05, 0) is 36.8 Å². The van der Waals surface area contributed by atoms with E-state index in [1.807, 2.05) is 0 Å². The second kappa shape index (κ2) is 5.52. The number of benzene rings is 1. The summed E-state index contributed by atoms with van der Waals surface area (Å²) in [4.78, 5) is 13.8. The van der Waals surface area contributed by atoms with Gasteiger partial charge in [0.2, 0.25) is 0 Å². The van der Waals surface area contributed by atoms with Crippen molar-refractivity contribution in [1.82, 2.24) is 0 Å². The lowest BCUT2D eigenvalue weighted by Gasteiger charge is -2.28. The predicted octanol–water partition coefficient (Wildman–Crippen LogP) is 3.04. The molecular formula is C15H22ClN3O. The minimum Gasteiger partial charge on any atom is -0.399 e. The van der Waals surface area contributed by atoms with Crippen molar-refractivity contribution in [3.63, 3.8) is 0 Å². The second-order valence-corrected chi connectivity index (χ2v) is 6.05. The summed E-state index contributed by atoms with van der Waals surface area (Å²) in [5.41, 5.74) is 13.1. The summed E-state index contributed by atoms with van der Waals surface area (Å²) < 4.78 is 0. The van der Waals surface area contributed by atoms with Crippen LogP contribution < -0.4 is 16.4 Å². The first-order chi connectivity index (χ1) is 9.42. The molecule has 0 radical (unpaired) electrons. The predicted molar refractivity (Wildman–Crippen MR) is 84.2 cm³/mol. The van der Waals surface area contributed by atoms with Gasteiger partial charge in [-0.2, -0.15) is 0 Å². The zero-order valence-electron chi connectivity index (χ0n) is 12.1. The van der Waals surface area contributed by atoms with Gasteiger partial charge >= 0.3 is 0 Å². The number of hydrogen-bond acceptors (Lipinski definition) is 3. The first-order valence-corrected chi connectivity index (χ1v) is 7.44. The van der Waals surface area contributed by atoms with Crippen LogP contribution >= 0.6 is 11.6 Å². The molecule has 4 nitrogen and oxygen atoms in total. The molecule has 1 amide bonds. The fourth-order valence-corrected chi connectivity index (χ4v) is 3.43. The van der Waals surface area contributed by atoms with Gasteiger partial charge < -0.3 is 16.4 Å². The molecule has 0 saturated carbocycles. The van der Waals surface area contributed by atoms with E-state index in [0.717, 1.165) is 38.0 Å². The Labute approximate surface area is 125 Å². The summed E-state index contributed by atoms with van der Waals surface area (Å²) >= 11 is 6.31. The molecule has 5 heteroatoms. The van der Waals surface area contributed by atoms with E-state index in [4.69, 9.17) is 23.1 Å². The SMILES string of the molecule is CCC1(CC)CCN(c2c(Cl)cc(N)cc2C(N)=O)C1. The van der Waals surface area contributed by atoms with Crippen LogP contribution in [0.2, 0.25) is 5.02 Å². The van der Waals surface area contributed by atoms with Gasteiger partial charge in [0.1, 0.15) is 0 Å². The topological polar surface area (TPSA) is 72.3 Å². The Hall–Kier alpha value is -1.42. The molecule has 0 aromatic heterocycles. The maximum Gasteiger partial charge on any atom is 0.250 e. The molecule has 110 valence electrons. The average molecular weight is 296 g/mol. The Morgan fingerprint density at radius 1 is 1.40 bits per heavy atom. The number of anilines is 2. The van der Waals surface area contributed by atoms with Gasteiger partial charge in [0.05, 0.1) is 16.3 Å². The number of primary amides is 1. The number of rotatable bonds is 4. The van der Waals surface area contributed by atoms with Gasteiger partial charge in [0.15, 0.2) is 0 Å². The lowest BCUT2D eigenvalue weighted by Crippen LogP contribution is -2.28. The Morgan fingerprint density at radius 3 is 2.55 bits per heavy atom. The smallest absolute Gasteiger partial charge is 0.250 e. The van der Waals surface area contributed by atoms with Crippen molar-refractivity contribution in [1.29, 1.82) is 0 Å². The highest BCUT2D eigenvalue weighted by Gasteiger charge is 2.36. The molecule has 2 rings (SSSR count). The van der Waals surface area contributed by atoms with E-state index in [2.05, 4.69) is 18.7 Å². The fraction of sp³-hybridized carbons (Fsp3) is 0.533. The van der Waals surface area contributed by atoms with Crippen LogP contribution in [0.4, 0.5) is 11.4 Å². The van der Waals surface area contributed by atoms with E-state index in [0.29, 0.717) is 21.7 Å². The fourth-order valence-electron chi connectivity index (χ4n) is 3.08. The van der Waals surface area contributed by atoms with E-state index in [1.54, 1.807) is 12.1 Å². The first-order valence-electron chi connectivity index (χ1n) is 7.06. The number of carbonyl (C=O) groups is 1. The number of nitrogens with two attached hydrogens (primary N) is 2. The largest absolute Gasteiger partial charge is 0.399 e. The number of amides is 1. The Bertz CT molecular complexity index is 526. The van der Waals surface area contributed by atoms with Crippen molar-refractivity contribution in [3.8, 4) is 0 Å². The Morgan fingerprint density at radius 2 is 2.05 bits per heavy atom. The summed E-state index contributed by atoms with van der Waals surface area (Å²) in [6, 6.07) is 3.29. The standard InChI is InChI=1S/C15H22ClN3O/c1-3-15(4-2)5-6-19(9-15)13-11(14(18)20)7-10(17)8-12(13)16/h7-8H,3-6,9,17H2,1-2H3,(H2,18,20). The molecule has 0 bridgehead atoms. The monoisotopic (exact) mass is 295 g/mol. The third-order valence-corrected chi connectivity index (χ3v) is 4.89. The zero-order chi connectivity index (χ0) is 14.9. The van der Waals surface area contributed by atoms with Gasteiger partial charge in [-0.3, -0.25) is 4.79 Å². The number of carbonyl (C=O) groups excluding carboxylic acids is 1. The van der Waals surface area contributed by atoms with E-state index in [-0.39, 0.29) is 0 Å². The van der Waals surface area contributed by atoms with Crippen LogP contribution in [0.15, 0.2) is 12.1 Å². The molecule has 1 aromatic carbocycles. The van der Waals surface area contributed by atoms with Gasteiger partial charge in [0.25, 0.3) is 5.91 Å². The molecule has 1 fully saturated rings. The molecule has 0 unspecified atom stereocenters. The van der Waals surface area contributed by atoms with Crippen LogP contribution in [0.5, 0.6) is 0 Å². The van der Waals surface area contributed by atoms with Crippen molar-refractivity contribution in [3.05, 3.63) is 22.7 Å². The number of hydrogen-bond donors (Lipinski definition) is 2. The minimum absolute atomic E-state index is 0.305. The van der Waals surface area contributed by atoms with Gasteiger partial charge in [0, 0.05) is 18.8 Å². The molecule has 1 aromatic rings. The van der Waals surface area contributed by atoms with Crippen LogP contribution in [-0.4, -0.2) is 19.0 Å². The molecule has 0 spiro atoms. The average Bonchev–Trinajstić information content (AvgIpc) is 2.82. The summed E-state index contributed by atoms with van der Waals surface area (Å²) in [6.45, 7) is 6.23. The van der Waals surface area contributed by atoms with Gasteiger partial charge in [-0.15, -0.1) is 0 Å². The van der Waals surface area contributed by atoms with Gasteiger partial charge in [-0.1, -0.05) is 25.4 Å². The van der Waals surface area contributed by atoms with Crippen molar-refractivity contribution in [2.75, 3.05) is 23.7 Å². The lowest BCUT2D eigenvalue weighted by molar-refractivity contribution is 0.100. The van der Waals surface area contributed by atoms with Crippen molar-refractivity contribution in [2.45, 2.75) is 33.1 Å². The van der Waals surface area contributed by atoms with E-state index >= 15 is 0 Å². The van der Waals surface area contributed by atoms with Crippen LogP contribution in [0.3, 0.4) is 0 Å². The maximum absolute atomic E-state index is 11.7. The minimum atomic E-state index is -0.486. The van der Waals surface area contributed by atoms with Crippen molar-refractivity contribution >= 4 is 28.9 Å². The van der Waals surface area contributed by atoms with Crippen molar-refractivity contribution < 1.29 is 4.79 Å². The van der Waals surface area contributed by atoms with E-state index < -0.39 is 5.91 Å². The number of halogens is 1. The van der Waals surface area contributed by atoms with Crippen molar-refractivity contribution in [2.24, 2.45) is 11.1 Å². The van der Waals surface area contributed by atoms with Crippen LogP contribution in [0, 0.1) is 5.41 Å². The summed E-state index contributed by atoms with van der Waals surface area (Å²) in [6.07, 6.45) is 3.36. The summed E-state index contributed by atoms with van der Waals surface area (Å²) in [5, 5.41) is 0.502. The highest BCUT2D eigenvalue weighted by atomic mass is 35.5. The molecule has 4 N–H and O–H groups in total.